The summed E-state index contributed by atoms with van der Waals surface area (Å²) in [5.74, 6) is 0.329. The molecule has 0 saturated carbocycles. The highest BCUT2D eigenvalue weighted by Crippen LogP contribution is 2.23. The topological polar surface area (TPSA) is 58.2 Å². The highest BCUT2D eigenvalue weighted by molar-refractivity contribution is 7.89. The first-order valence-corrected chi connectivity index (χ1v) is 8.26. The van der Waals surface area contributed by atoms with E-state index in [0.29, 0.717) is 23.0 Å². The molecule has 114 valence electrons. The second kappa shape index (κ2) is 7.09. The fourth-order valence-electron chi connectivity index (χ4n) is 2.29. The Morgan fingerprint density at radius 2 is 2.10 bits per heavy atom. The van der Waals surface area contributed by atoms with Gasteiger partial charge >= 0.3 is 0 Å². The Hall–Kier alpha value is -0.330. The second-order valence-corrected chi connectivity index (χ2v) is 7.15. The lowest BCUT2D eigenvalue weighted by Crippen LogP contribution is -2.50. The largest absolute Gasteiger partial charge is 0.315 e. The van der Waals surface area contributed by atoms with Crippen molar-refractivity contribution >= 4 is 34.0 Å². The molecular weight excluding hydrogens is 319 g/mol. The van der Waals surface area contributed by atoms with Crippen LogP contribution in [0.25, 0.3) is 0 Å². The number of nitrogens with one attached hydrogen (secondary N) is 2. The lowest BCUT2D eigenvalue weighted by atomic mass is 9.96. The van der Waals surface area contributed by atoms with Gasteiger partial charge in [-0.05, 0) is 43.5 Å². The number of benzene rings is 1. The van der Waals surface area contributed by atoms with Crippen molar-refractivity contribution in [2.45, 2.75) is 31.2 Å². The first-order chi connectivity index (χ1) is 8.92. The molecule has 0 radical (unpaired) electrons. The van der Waals surface area contributed by atoms with Crippen molar-refractivity contribution in [2.75, 3.05) is 13.1 Å². The second-order valence-electron chi connectivity index (χ2n) is 5.06. The summed E-state index contributed by atoms with van der Waals surface area (Å²) in [6.45, 7) is 5.40. The van der Waals surface area contributed by atoms with Crippen molar-refractivity contribution in [3.8, 4) is 0 Å². The number of piperidine rings is 1. The molecule has 2 unspecified atom stereocenters. The van der Waals surface area contributed by atoms with E-state index in [4.69, 9.17) is 11.6 Å². The molecular formula is C13H20Cl2N2O2S. The van der Waals surface area contributed by atoms with Gasteiger partial charge in [0, 0.05) is 17.6 Å². The Kier molecular flexibility index (Phi) is 6.28. The maximum Gasteiger partial charge on any atom is 0.241 e. The molecule has 0 aliphatic carbocycles. The Bertz CT molecular complexity index is 563. The van der Waals surface area contributed by atoms with Gasteiger partial charge in [0.05, 0.1) is 4.90 Å². The van der Waals surface area contributed by atoms with Gasteiger partial charge in [-0.2, -0.15) is 0 Å². The van der Waals surface area contributed by atoms with Crippen LogP contribution in [0.5, 0.6) is 0 Å². The average molecular weight is 339 g/mol. The highest BCUT2D eigenvalue weighted by Gasteiger charge is 2.27. The van der Waals surface area contributed by atoms with E-state index < -0.39 is 10.0 Å². The molecule has 1 aliphatic rings. The summed E-state index contributed by atoms with van der Waals surface area (Å²) in [6, 6.07) is 4.87. The van der Waals surface area contributed by atoms with Crippen LogP contribution < -0.4 is 10.0 Å². The SMILES string of the molecule is Cc1c(Cl)cccc1S(=O)(=O)NC1CNCCC1C.Cl. The van der Waals surface area contributed by atoms with Gasteiger partial charge in [-0.1, -0.05) is 24.6 Å². The molecule has 1 heterocycles. The van der Waals surface area contributed by atoms with Crippen LogP contribution >= 0.6 is 24.0 Å². The van der Waals surface area contributed by atoms with E-state index in [1.165, 1.54) is 0 Å². The summed E-state index contributed by atoms with van der Waals surface area (Å²) < 4.78 is 27.6. The predicted octanol–water partition coefficient (Wildman–Crippen LogP) is 2.35. The molecule has 0 spiro atoms. The first-order valence-electron chi connectivity index (χ1n) is 6.40. The van der Waals surface area contributed by atoms with Gasteiger partial charge in [0.2, 0.25) is 10.0 Å². The smallest absolute Gasteiger partial charge is 0.241 e. The van der Waals surface area contributed by atoms with Gasteiger partial charge in [0.25, 0.3) is 0 Å². The van der Waals surface area contributed by atoms with Crippen molar-refractivity contribution in [3.05, 3.63) is 28.8 Å². The summed E-state index contributed by atoms with van der Waals surface area (Å²) in [5, 5.41) is 3.68. The summed E-state index contributed by atoms with van der Waals surface area (Å²) in [5.41, 5.74) is 0.591. The maximum atomic E-state index is 12.4. The normalized spacial score (nSPS) is 23.1. The minimum absolute atomic E-state index is 0. The highest BCUT2D eigenvalue weighted by atomic mass is 35.5. The Labute approximate surface area is 131 Å². The third-order valence-corrected chi connectivity index (χ3v) is 5.69. The maximum absolute atomic E-state index is 12.4. The summed E-state index contributed by atoms with van der Waals surface area (Å²) in [7, 11) is -3.52. The van der Waals surface area contributed by atoms with E-state index >= 15 is 0 Å². The fraction of sp³-hybridized carbons (Fsp3) is 0.538. The molecule has 1 aromatic rings. The number of rotatable bonds is 3. The molecule has 2 rings (SSSR count). The van der Waals surface area contributed by atoms with Gasteiger partial charge in [-0.25, -0.2) is 13.1 Å². The Morgan fingerprint density at radius 1 is 1.40 bits per heavy atom. The molecule has 0 amide bonds. The van der Waals surface area contributed by atoms with E-state index in [0.717, 1.165) is 13.0 Å². The van der Waals surface area contributed by atoms with Crippen molar-refractivity contribution in [1.29, 1.82) is 0 Å². The van der Waals surface area contributed by atoms with Crippen LogP contribution in [0.2, 0.25) is 5.02 Å². The molecule has 1 aromatic carbocycles. The van der Waals surface area contributed by atoms with Crippen molar-refractivity contribution in [2.24, 2.45) is 5.92 Å². The number of hydrogen-bond donors (Lipinski definition) is 2. The zero-order valence-corrected chi connectivity index (χ0v) is 13.9. The molecule has 2 atom stereocenters. The molecule has 0 bridgehead atoms. The summed E-state index contributed by atoms with van der Waals surface area (Å²) in [6.07, 6.45) is 0.974. The van der Waals surface area contributed by atoms with Gasteiger partial charge in [0.1, 0.15) is 0 Å². The van der Waals surface area contributed by atoms with Crippen LogP contribution in [0.4, 0.5) is 0 Å². The van der Waals surface area contributed by atoms with Gasteiger partial charge in [-0.15, -0.1) is 12.4 Å². The molecule has 1 saturated heterocycles. The Balaban J connectivity index is 0.00000200. The Morgan fingerprint density at radius 3 is 2.75 bits per heavy atom. The van der Waals surface area contributed by atoms with E-state index in [1.54, 1.807) is 25.1 Å². The molecule has 2 N–H and O–H groups in total. The van der Waals surface area contributed by atoms with Gasteiger partial charge in [-0.3, -0.25) is 0 Å². The van der Waals surface area contributed by atoms with Crippen LogP contribution in [0.3, 0.4) is 0 Å². The van der Waals surface area contributed by atoms with Crippen LogP contribution in [0, 0.1) is 12.8 Å². The van der Waals surface area contributed by atoms with Crippen LogP contribution in [-0.2, 0) is 10.0 Å². The standard InChI is InChI=1S/C13H19ClN2O2S.ClH/c1-9-6-7-15-8-12(9)16-19(17,18)13-5-3-4-11(14)10(13)2;/h3-5,9,12,15-16H,6-8H2,1-2H3;1H. The average Bonchev–Trinajstić information content (AvgIpc) is 2.35. The summed E-state index contributed by atoms with van der Waals surface area (Å²) in [4.78, 5) is 0.262. The first kappa shape index (κ1) is 17.7. The van der Waals surface area contributed by atoms with E-state index in [1.807, 2.05) is 0 Å². The predicted molar refractivity (Wildman–Crippen MR) is 84.2 cm³/mol. The van der Waals surface area contributed by atoms with Crippen molar-refractivity contribution in [3.63, 3.8) is 0 Å². The zero-order valence-electron chi connectivity index (χ0n) is 11.5. The van der Waals surface area contributed by atoms with E-state index in [9.17, 15) is 8.42 Å². The number of hydrogen-bond acceptors (Lipinski definition) is 3. The molecule has 20 heavy (non-hydrogen) atoms. The lowest BCUT2D eigenvalue weighted by molar-refractivity contribution is 0.327. The number of sulfonamides is 1. The van der Waals surface area contributed by atoms with Crippen molar-refractivity contribution < 1.29 is 8.42 Å². The quantitative estimate of drug-likeness (QED) is 0.889. The fourth-order valence-corrected chi connectivity index (χ4v) is 4.13. The van der Waals surface area contributed by atoms with Crippen molar-refractivity contribution in [1.82, 2.24) is 10.0 Å². The molecule has 4 nitrogen and oxygen atoms in total. The van der Waals surface area contributed by atoms with Crippen LogP contribution in [0.1, 0.15) is 18.9 Å². The minimum Gasteiger partial charge on any atom is -0.315 e. The number of halogens is 2. The molecule has 1 aliphatic heterocycles. The molecule has 1 fully saturated rings. The monoisotopic (exact) mass is 338 g/mol. The van der Waals surface area contributed by atoms with Gasteiger partial charge < -0.3 is 5.32 Å². The zero-order chi connectivity index (χ0) is 14.0. The molecule has 7 heteroatoms. The lowest BCUT2D eigenvalue weighted by Gasteiger charge is -2.30. The third-order valence-electron chi connectivity index (χ3n) is 3.64. The van der Waals surface area contributed by atoms with Crippen LogP contribution in [0.15, 0.2) is 23.1 Å². The third kappa shape index (κ3) is 3.86. The van der Waals surface area contributed by atoms with E-state index in [2.05, 4.69) is 17.0 Å². The van der Waals surface area contributed by atoms with Crippen LogP contribution in [-0.4, -0.2) is 27.5 Å². The molecule has 0 aromatic heterocycles. The summed E-state index contributed by atoms with van der Waals surface area (Å²) >= 11 is 5.99. The van der Waals surface area contributed by atoms with E-state index in [-0.39, 0.29) is 23.3 Å². The minimum atomic E-state index is -3.52. The van der Waals surface area contributed by atoms with Gasteiger partial charge in [0.15, 0.2) is 0 Å².